The van der Waals surface area contributed by atoms with E-state index in [1.54, 1.807) is 6.92 Å². The highest BCUT2D eigenvalue weighted by Crippen LogP contribution is 2.28. The van der Waals surface area contributed by atoms with Crippen LogP contribution in [0.3, 0.4) is 0 Å². The molecule has 0 radical (unpaired) electrons. The van der Waals surface area contributed by atoms with E-state index in [0.717, 1.165) is 0 Å². The van der Waals surface area contributed by atoms with Crippen LogP contribution in [0, 0.1) is 16.0 Å². The third kappa shape index (κ3) is 5.21. The zero-order chi connectivity index (χ0) is 15.8. The molecular formula is C12H20N6O3. The third-order valence-electron chi connectivity index (χ3n) is 2.47. The first-order valence-corrected chi connectivity index (χ1v) is 6.69. The van der Waals surface area contributed by atoms with E-state index in [-0.39, 0.29) is 29.8 Å². The van der Waals surface area contributed by atoms with Gasteiger partial charge in [0.1, 0.15) is 6.33 Å². The van der Waals surface area contributed by atoms with Gasteiger partial charge < -0.3 is 16.0 Å². The Morgan fingerprint density at radius 2 is 1.95 bits per heavy atom. The van der Waals surface area contributed by atoms with Crippen molar-refractivity contribution in [1.29, 1.82) is 0 Å². The number of nitro groups is 1. The lowest BCUT2D eigenvalue weighted by atomic mass is 10.2. The van der Waals surface area contributed by atoms with Crippen molar-refractivity contribution in [3.8, 4) is 0 Å². The molecule has 3 N–H and O–H groups in total. The standard InChI is InChI=1S/C12H20N6O3/c1-4-13-11-10(18(20)21)12(17-7-16-11)15-6-9(19)14-5-8(2)3/h7-8H,4-6H2,1-3H3,(H,14,19)(H2,13,15,16,17). The number of hydrogen-bond acceptors (Lipinski definition) is 7. The minimum atomic E-state index is -0.577. The van der Waals surface area contributed by atoms with Crippen molar-refractivity contribution in [1.82, 2.24) is 15.3 Å². The van der Waals surface area contributed by atoms with Gasteiger partial charge in [0, 0.05) is 13.1 Å². The van der Waals surface area contributed by atoms with Gasteiger partial charge >= 0.3 is 5.69 Å². The predicted octanol–water partition coefficient (Wildman–Crippen LogP) is 1.00. The van der Waals surface area contributed by atoms with Crippen LogP contribution in [0.2, 0.25) is 0 Å². The van der Waals surface area contributed by atoms with Gasteiger partial charge in [0.15, 0.2) is 0 Å². The number of carbonyl (C=O) groups is 1. The van der Waals surface area contributed by atoms with Crippen molar-refractivity contribution in [3.63, 3.8) is 0 Å². The third-order valence-corrected chi connectivity index (χ3v) is 2.47. The van der Waals surface area contributed by atoms with Crippen LogP contribution in [-0.4, -0.2) is 40.4 Å². The van der Waals surface area contributed by atoms with Crippen molar-refractivity contribution < 1.29 is 9.72 Å². The highest BCUT2D eigenvalue weighted by Gasteiger charge is 2.22. The van der Waals surface area contributed by atoms with Gasteiger partial charge in [-0.15, -0.1) is 0 Å². The van der Waals surface area contributed by atoms with E-state index in [9.17, 15) is 14.9 Å². The van der Waals surface area contributed by atoms with Gasteiger partial charge in [-0.3, -0.25) is 14.9 Å². The first-order valence-electron chi connectivity index (χ1n) is 6.69. The van der Waals surface area contributed by atoms with Gasteiger partial charge in [0.2, 0.25) is 17.5 Å². The number of nitrogens with zero attached hydrogens (tertiary/aromatic N) is 3. The molecule has 1 amide bonds. The maximum absolute atomic E-state index is 11.6. The molecule has 9 nitrogen and oxygen atoms in total. The van der Waals surface area contributed by atoms with Crippen LogP contribution in [0.1, 0.15) is 20.8 Å². The SMILES string of the molecule is CCNc1ncnc(NCC(=O)NCC(C)C)c1[N+](=O)[O-]. The second kappa shape index (κ2) is 7.98. The highest BCUT2D eigenvalue weighted by atomic mass is 16.6. The fourth-order valence-corrected chi connectivity index (χ4v) is 1.52. The molecular weight excluding hydrogens is 276 g/mol. The molecule has 0 spiro atoms. The number of nitrogens with one attached hydrogen (secondary N) is 3. The van der Waals surface area contributed by atoms with Crippen LogP contribution in [0.15, 0.2) is 6.33 Å². The molecule has 1 aromatic heterocycles. The average molecular weight is 296 g/mol. The molecule has 0 fully saturated rings. The first-order chi connectivity index (χ1) is 9.95. The molecule has 0 bridgehead atoms. The van der Waals surface area contributed by atoms with Gasteiger partial charge in [-0.05, 0) is 12.8 Å². The Kier molecular flexibility index (Phi) is 6.31. The van der Waals surface area contributed by atoms with E-state index in [4.69, 9.17) is 0 Å². The summed E-state index contributed by atoms with van der Waals surface area (Å²) in [5.41, 5.74) is -0.268. The summed E-state index contributed by atoms with van der Waals surface area (Å²) in [5.74, 6) is 0.234. The average Bonchev–Trinajstić information content (AvgIpc) is 2.43. The topological polar surface area (TPSA) is 122 Å². The largest absolute Gasteiger partial charge is 0.364 e. The zero-order valence-corrected chi connectivity index (χ0v) is 12.3. The molecule has 21 heavy (non-hydrogen) atoms. The summed E-state index contributed by atoms with van der Waals surface area (Å²) < 4.78 is 0. The maximum atomic E-state index is 11.6. The molecule has 1 rings (SSSR count). The fourth-order valence-electron chi connectivity index (χ4n) is 1.52. The van der Waals surface area contributed by atoms with Gasteiger partial charge in [-0.25, -0.2) is 9.97 Å². The van der Waals surface area contributed by atoms with Crippen molar-refractivity contribution in [2.75, 3.05) is 30.3 Å². The monoisotopic (exact) mass is 296 g/mol. The first kappa shape index (κ1) is 16.6. The lowest BCUT2D eigenvalue weighted by Crippen LogP contribution is -2.32. The van der Waals surface area contributed by atoms with E-state index < -0.39 is 4.92 Å². The van der Waals surface area contributed by atoms with Crippen LogP contribution < -0.4 is 16.0 Å². The van der Waals surface area contributed by atoms with Crippen molar-refractivity contribution >= 4 is 23.2 Å². The van der Waals surface area contributed by atoms with E-state index >= 15 is 0 Å². The summed E-state index contributed by atoms with van der Waals surface area (Å²) in [5, 5.41) is 19.3. The second-order valence-corrected chi connectivity index (χ2v) is 4.76. The molecule has 0 saturated heterocycles. The Morgan fingerprint density at radius 3 is 2.48 bits per heavy atom. The number of carbonyl (C=O) groups excluding carboxylic acids is 1. The summed E-state index contributed by atoms with van der Waals surface area (Å²) >= 11 is 0. The summed E-state index contributed by atoms with van der Waals surface area (Å²) in [6.07, 6.45) is 1.21. The van der Waals surface area contributed by atoms with E-state index in [1.807, 2.05) is 13.8 Å². The Morgan fingerprint density at radius 1 is 1.33 bits per heavy atom. The molecule has 0 aliphatic carbocycles. The Balaban J connectivity index is 2.76. The number of rotatable bonds is 8. The molecule has 0 aliphatic heterocycles. The minimum absolute atomic E-state index is 0.0191. The molecule has 1 heterocycles. The summed E-state index contributed by atoms with van der Waals surface area (Å²) in [7, 11) is 0. The Labute approximate surface area is 122 Å². The van der Waals surface area contributed by atoms with Gasteiger partial charge in [-0.1, -0.05) is 13.8 Å². The van der Waals surface area contributed by atoms with E-state index in [2.05, 4.69) is 25.9 Å². The molecule has 0 aromatic carbocycles. The van der Waals surface area contributed by atoms with Gasteiger partial charge in [0.05, 0.1) is 11.5 Å². The lowest BCUT2D eigenvalue weighted by Gasteiger charge is -2.10. The zero-order valence-electron chi connectivity index (χ0n) is 12.3. The summed E-state index contributed by atoms with van der Waals surface area (Å²) in [6.45, 7) is 6.72. The van der Waals surface area contributed by atoms with Crippen molar-refractivity contribution in [3.05, 3.63) is 16.4 Å². The highest BCUT2D eigenvalue weighted by molar-refractivity contribution is 5.82. The minimum Gasteiger partial charge on any atom is -0.364 e. The number of aromatic nitrogens is 2. The van der Waals surface area contributed by atoms with Gasteiger partial charge in [0.25, 0.3) is 0 Å². The molecule has 116 valence electrons. The molecule has 0 unspecified atom stereocenters. The predicted molar refractivity (Wildman–Crippen MR) is 79.2 cm³/mol. The number of amides is 1. The molecule has 1 aromatic rings. The molecule has 0 saturated carbocycles. The smallest absolute Gasteiger partial charge is 0.353 e. The van der Waals surface area contributed by atoms with Crippen LogP contribution in [-0.2, 0) is 4.79 Å². The van der Waals surface area contributed by atoms with Crippen LogP contribution in [0.25, 0.3) is 0 Å². The normalized spacial score (nSPS) is 10.3. The number of anilines is 2. The van der Waals surface area contributed by atoms with Crippen molar-refractivity contribution in [2.45, 2.75) is 20.8 Å². The van der Waals surface area contributed by atoms with E-state index in [1.165, 1.54) is 6.33 Å². The Hall–Kier alpha value is -2.45. The lowest BCUT2D eigenvalue weighted by molar-refractivity contribution is -0.383. The summed E-state index contributed by atoms with van der Waals surface area (Å²) in [6, 6.07) is 0. The van der Waals surface area contributed by atoms with Crippen LogP contribution >= 0.6 is 0 Å². The molecule has 0 atom stereocenters. The second-order valence-electron chi connectivity index (χ2n) is 4.76. The van der Waals surface area contributed by atoms with Crippen molar-refractivity contribution in [2.24, 2.45) is 5.92 Å². The van der Waals surface area contributed by atoms with Crippen LogP contribution in [0.5, 0.6) is 0 Å². The van der Waals surface area contributed by atoms with Gasteiger partial charge in [-0.2, -0.15) is 0 Å². The molecule has 9 heteroatoms. The Bertz CT molecular complexity index is 506. The quantitative estimate of drug-likeness (QED) is 0.483. The van der Waals surface area contributed by atoms with Crippen LogP contribution in [0.4, 0.5) is 17.3 Å². The summed E-state index contributed by atoms with van der Waals surface area (Å²) in [4.78, 5) is 29.8. The van der Waals surface area contributed by atoms with E-state index in [0.29, 0.717) is 19.0 Å². The number of hydrogen-bond donors (Lipinski definition) is 3. The fraction of sp³-hybridized carbons (Fsp3) is 0.583. The molecule has 0 aliphatic rings. The maximum Gasteiger partial charge on any atom is 0.353 e.